The van der Waals surface area contributed by atoms with Crippen LogP contribution in [-0.2, 0) is 0 Å². The normalized spacial score (nSPS) is 30.9. The molecule has 0 radical (unpaired) electrons. The van der Waals surface area contributed by atoms with Crippen molar-refractivity contribution in [2.24, 2.45) is 34.5 Å². The highest BCUT2D eigenvalue weighted by Gasteiger charge is 2.49. The maximum absolute atomic E-state index is 2.52. The van der Waals surface area contributed by atoms with Crippen LogP contribution in [0.15, 0.2) is 0 Å². The van der Waals surface area contributed by atoms with E-state index in [1.807, 2.05) is 0 Å². The molecule has 0 amide bonds. The first-order valence-corrected chi connectivity index (χ1v) is 7.68. The monoisotopic (exact) mass is 238 g/mol. The molecule has 1 saturated carbocycles. The van der Waals surface area contributed by atoms with E-state index in [0.29, 0.717) is 10.8 Å². The number of hydrogen-bond donors (Lipinski definition) is 0. The summed E-state index contributed by atoms with van der Waals surface area (Å²) < 4.78 is 0. The summed E-state index contributed by atoms with van der Waals surface area (Å²) in [6.45, 7) is 19.7. The van der Waals surface area contributed by atoms with Gasteiger partial charge < -0.3 is 0 Å². The molecule has 0 aromatic carbocycles. The van der Waals surface area contributed by atoms with Crippen LogP contribution < -0.4 is 0 Å². The number of rotatable bonds is 5. The zero-order valence-corrected chi connectivity index (χ0v) is 13.4. The second-order valence-electron chi connectivity index (χ2n) is 7.65. The van der Waals surface area contributed by atoms with Crippen molar-refractivity contribution in [3.63, 3.8) is 0 Å². The Morgan fingerprint density at radius 2 is 1.59 bits per heavy atom. The van der Waals surface area contributed by atoms with E-state index in [1.165, 1.54) is 19.3 Å². The van der Waals surface area contributed by atoms with Crippen LogP contribution in [0.5, 0.6) is 0 Å². The Hall–Kier alpha value is 0. The smallest absolute Gasteiger partial charge is 0.0252 e. The molecular weight excluding hydrogens is 204 g/mol. The lowest BCUT2D eigenvalue weighted by atomic mass is 9.50. The van der Waals surface area contributed by atoms with Gasteiger partial charge in [0, 0.05) is 0 Å². The highest BCUT2D eigenvalue weighted by Crippen LogP contribution is 2.56. The average molecular weight is 238 g/mol. The van der Waals surface area contributed by atoms with Crippen LogP contribution in [0.3, 0.4) is 0 Å². The summed E-state index contributed by atoms with van der Waals surface area (Å²) >= 11 is 0. The summed E-state index contributed by atoms with van der Waals surface area (Å²) in [7, 11) is 0. The molecule has 0 aromatic rings. The fourth-order valence-electron chi connectivity index (χ4n) is 4.10. The fourth-order valence-corrected chi connectivity index (χ4v) is 4.10. The second kappa shape index (κ2) is 4.94. The topological polar surface area (TPSA) is 0 Å². The van der Waals surface area contributed by atoms with E-state index in [-0.39, 0.29) is 0 Å². The Bertz CT molecular complexity index is 251. The van der Waals surface area contributed by atoms with E-state index in [0.717, 1.165) is 23.7 Å². The van der Waals surface area contributed by atoms with Crippen LogP contribution in [-0.4, -0.2) is 0 Å². The molecule has 0 aliphatic heterocycles. The summed E-state index contributed by atoms with van der Waals surface area (Å²) in [5, 5.41) is 0. The molecule has 1 fully saturated rings. The predicted octanol–water partition coefficient (Wildman–Crippen LogP) is 5.77. The third kappa shape index (κ3) is 2.29. The maximum Gasteiger partial charge on any atom is -0.0252 e. The Balaban J connectivity index is 2.91. The molecule has 0 heterocycles. The first kappa shape index (κ1) is 15.1. The first-order chi connectivity index (χ1) is 7.68. The summed E-state index contributed by atoms with van der Waals surface area (Å²) in [5.41, 5.74) is 0.900. The average Bonchev–Trinajstić information content (AvgIpc) is 2.24. The predicted molar refractivity (Wildman–Crippen MR) is 78.1 cm³/mol. The van der Waals surface area contributed by atoms with Gasteiger partial charge in [-0.3, -0.25) is 0 Å². The molecule has 0 nitrogen and oxygen atoms in total. The third-order valence-electron chi connectivity index (χ3n) is 6.95. The van der Waals surface area contributed by atoms with Gasteiger partial charge in [-0.15, -0.1) is 0 Å². The van der Waals surface area contributed by atoms with Gasteiger partial charge in [0.2, 0.25) is 0 Å². The minimum absolute atomic E-state index is 0.440. The molecule has 0 aromatic heterocycles. The molecular formula is C17H34. The van der Waals surface area contributed by atoms with Crippen LogP contribution in [0, 0.1) is 34.5 Å². The van der Waals surface area contributed by atoms with Crippen LogP contribution in [0.4, 0.5) is 0 Å². The van der Waals surface area contributed by atoms with Crippen molar-refractivity contribution in [3.8, 4) is 0 Å². The molecule has 0 bridgehead atoms. The largest absolute Gasteiger partial charge is 0.0648 e. The number of hydrogen-bond acceptors (Lipinski definition) is 0. The van der Waals surface area contributed by atoms with Gasteiger partial charge in [-0.1, -0.05) is 61.8 Å². The van der Waals surface area contributed by atoms with Crippen molar-refractivity contribution in [1.82, 2.24) is 0 Å². The van der Waals surface area contributed by atoms with Crippen LogP contribution in [0.2, 0.25) is 0 Å². The quantitative estimate of drug-likeness (QED) is 0.570. The molecule has 4 atom stereocenters. The molecule has 0 saturated heterocycles. The molecule has 1 aliphatic rings. The summed E-state index contributed by atoms with van der Waals surface area (Å²) in [5.74, 6) is 3.53. The highest BCUT2D eigenvalue weighted by atomic mass is 14.5. The summed E-state index contributed by atoms with van der Waals surface area (Å²) in [6, 6.07) is 0. The lowest BCUT2D eigenvalue weighted by molar-refractivity contribution is -0.0641. The van der Waals surface area contributed by atoms with Crippen molar-refractivity contribution in [2.75, 3.05) is 0 Å². The molecule has 1 rings (SSSR count). The van der Waals surface area contributed by atoms with Crippen LogP contribution in [0.1, 0.15) is 74.7 Å². The van der Waals surface area contributed by atoms with Gasteiger partial charge in [-0.05, 0) is 47.3 Å². The van der Waals surface area contributed by atoms with Gasteiger partial charge in [0.15, 0.2) is 0 Å². The van der Waals surface area contributed by atoms with E-state index in [4.69, 9.17) is 0 Å². The summed E-state index contributed by atoms with van der Waals surface area (Å²) in [4.78, 5) is 0. The molecule has 102 valence electrons. The molecule has 0 N–H and O–H groups in total. The zero-order valence-electron chi connectivity index (χ0n) is 13.4. The minimum Gasteiger partial charge on any atom is -0.0648 e. The van der Waals surface area contributed by atoms with Crippen LogP contribution >= 0.6 is 0 Å². The van der Waals surface area contributed by atoms with E-state index < -0.39 is 0 Å². The molecule has 17 heavy (non-hydrogen) atoms. The van der Waals surface area contributed by atoms with Gasteiger partial charge in [-0.2, -0.15) is 0 Å². The van der Waals surface area contributed by atoms with Gasteiger partial charge in [-0.25, -0.2) is 0 Å². The van der Waals surface area contributed by atoms with E-state index in [1.54, 1.807) is 0 Å². The fraction of sp³-hybridized carbons (Fsp3) is 1.00. The second-order valence-corrected chi connectivity index (χ2v) is 7.65. The first-order valence-electron chi connectivity index (χ1n) is 7.68. The van der Waals surface area contributed by atoms with Gasteiger partial charge in [0.1, 0.15) is 0 Å². The van der Waals surface area contributed by atoms with Crippen molar-refractivity contribution in [2.45, 2.75) is 74.7 Å². The van der Waals surface area contributed by atoms with E-state index in [2.05, 4.69) is 55.4 Å². The Labute approximate surface area is 110 Å². The van der Waals surface area contributed by atoms with E-state index in [9.17, 15) is 0 Å². The molecule has 1 aliphatic carbocycles. The van der Waals surface area contributed by atoms with Gasteiger partial charge in [0.25, 0.3) is 0 Å². The maximum atomic E-state index is 2.52. The third-order valence-corrected chi connectivity index (χ3v) is 6.95. The van der Waals surface area contributed by atoms with Crippen LogP contribution in [0.25, 0.3) is 0 Å². The minimum atomic E-state index is 0.440. The Morgan fingerprint density at radius 1 is 1.06 bits per heavy atom. The zero-order chi connectivity index (χ0) is 13.4. The van der Waals surface area contributed by atoms with E-state index >= 15 is 0 Å². The standard InChI is InChI=1S/C17H34/c1-9-17(8,12(2)3)16(6,7)14(5)15-11-10-13(15)4/h12-15H,9-11H2,1-8H3. The van der Waals surface area contributed by atoms with Gasteiger partial charge >= 0.3 is 0 Å². The van der Waals surface area contributed by atoms with Crippen molar-refractivity contribution in [1.29, 1.82) is 0 Å². The van der Waals surface area contributed by atoms with Crippen molar-refractivity contribution >= 4 is 0 Å². The lowest BCUT2D eigenvalue weighted by Gasteiger charge is -2.55. The molecule has 0 spiro atoms. The van der Waals surface area contributed by atoms with Crippen molar-refractivity contribution in [3.05, 3.63) is 0 Å². The lowest BCUT2D eigenvalue weighted by Crippen LogP contribution is -2.48. The molecule has 0 heteroatoms. The SMILES string of the molecule is CCC(C)(C(C)C)C(C)(C)C(C)C1CCC1C. The highest BCUT2D eigenvalue weighted by molar-refractivity contribution is 4.98. The Kier molecular flexibility index (Phi) is 4.37. The van der Waals surface area contributed by atoms with Crippen molar-refractivity contribution < 1.29 is 0 Å². The van der Waals surface area contributed by atoms with Gasteiger partial charge in [0.05, 0.1) is 0 Å². The Morgan fingerprint density at radius 3 is 1.82 bits per heavy atom. The molecule has 4 unspecified atom stereocenters. The summed E-state index contributed by atoms with van der Waals surface area (Å²) in [6.07, 6.45) is 4.21.